The molecule has 1 aromatic carbocycles. The van der Waals surface area contributed by atoms with Crippen LogP contribution in [0.3, 0.4) is 0 Å². The molecule has 0 aliphatic carbocycles. The molecule has 0 unspecified atom stereocenters. The Hall–Kier alpha value is -1.26. The van der Waals surface area contributed by atoms with E-state index in [9.17, 15) is 4.79 Å². The molecule has 2 rings (SSSR count). The molecule has 4 nitrogen and oxygen atoms in total. The molecule has 0 radical (unpaired) electrons. The summed E-state index contributed by atoms with van der Waals surface area (Å²) < 4.78 is 0. The molecule has 1 heterocycles. The van der Waals surface area contributed by atoms with Gasteiger partial charge in [-0.25, -0.2) is 0 Å². The molecule has 1 fully saturated rings. The van der Waals surface area contributed by atoms with Crippen LogP contribution in [0.1, 0.15) is 25.3 Å². The summed E-state index contributed by atoms with van der Waals surface area (Å²) in [6, 6.07) is 5.89. The molecule has 20 heavy (non-hydrogen) atoms. The lowest BCUT2D eigenvalue weighted by atomic mass is 9.95. The molecule has 3 N–H and O–H groups in total. The van der Waals surface area contributed by atoms with Crippen LogP contribution in [0.2, 0.25) is 5.02 Å². The number of carbonyl (C=O) groups is 1. The molecule has 0 saturated carbocycles. The number of hydrogen-bond donors (Lipinski definition) is 2. The SMILES string of the molecule is CC(=O)NCC1CCN(c2c(Cl)cccc2CN)CC1. The van der Waals surface area contributed by atoms with Gasteiger partial charge in [0.1, 0.15) is 0 Å². The Bertz CT molecular complexity index is 470. The first-order valence-electron chi connectivity index (χ1n) is 7.08. The highest BCUT2D eigenvalue weighted by atomic mass is 35.5. The average Bonchev–Trinajstić information content (AvgIpc) is 2.45. The number of nitrogens with one attached hydrogen (secondary N) is 1. The van der Waals surface area contributed by atoms with Crippen molar-refractivity contribution in [2.45, 2.75) is 26.3 Å². The summed E-state index contributed by atoms with van der Waals surface area (Å²) in [4.78, 5) is 13.3. The van der Waals surface area contributed by atoms with E-state index in [2.05, 4.69) is 10.2 Å². The first kappa shape index (κ1) is 15.1. The number of amides is 1. The van der Waals surface area contributed by atoms with Gasteiger partial charge in [0.25, 0.3) is 0 Å². The van der Waals surface area contributed by atoms with Crippen molar-refractivity contribution in [1.29, 1.82) is 0 Å². The lowest BCUT2D eigenvalue weighted by molar-refractivity contribution is -0.119. The number of halogens is 1. The second-order valence-corrected chi connectivity index (χ2v) is 5.73. The summed E-state index contributed by atoms with van der Waals surface area (Å²) in [5.41, 5.74) is 7.98. The molecule has 1 saturated heterocycles. The van der Waals surface area contributed by atoms with Crippen LogP contribution in [0.25, 0.3) is 0 Å². The molecular weight excluding hydrogens is 274 g/mol. The van der Waals surface area contributed by atoms with E-state index in [-0.39, 0.29) is 5.91 Å². The summed E-state index contributed by atoms with van der Waals surface area (Å²) in [5, 5.41) is 3.67. The molecular formula is C15H22ClN3O. The fraction of sp³-hybridized carbons (Fsp3) is 0.533. The zero-order valence-electron chi connectivity index (χ0n) is 11.9. The molecule has 1 aliphatic heterocycles. The van der Waals surface area contributed by atoms with E-state index in [1.165, 1.54) is 0 Å². The number of rotatable bonds is 4. The smallest absolute Gasteiger partial charge is 0.216 e. The van der Waals surface area contributed by atoms with Gasteiger partial charge in [-0.2, -0.15) is 0 Å². The predicted octanol–water partition coefficient (Wildman–Crippen LogP) is 2.15. The van der Waals surface area contributed by atoms with Crippen LogP contribution in [-0.4, -0.2) is 25.5 Å². The fourth-order valence-corrected chi connectivity index (χ4v) is 3.04. The third-order valence-electron chi connectivity index (χ3n) is 3.86. The van der Waals surface area contributed by atoms with E-state index in [1.54, 1.807) is 6.92 Å². The average molecular weight is 296 g/mol. The molecule has 0 bridgehead atoms. The zero-order chi connectivity index (χ0) is 14.5. The monoisotopic (exact) mass is 295 g/mol. The first-order valence-corrected chi connectivity index (χ1v) is 7.46. The van der Waals surface area contributed by atoms with Gasteiger partial charge in [0.2, 0.25) is 5.91 Å². The van der Waals surface area contributed by atoms with Gasteiger partial charge < -0.3 is 16.0 Å². The predicted molar refractivity (Wildman–Crippen MR) is 83.0 cm³/mol. The van der Waals surface area contributed by atoms with Crippen molar-refractivity contribution in [2.75, 3.05) is 24.5 Å². The Morgan fingerprint density at radius 3 is 2.75 bits per heavy atom. The van der Waals surface area contributed by atoms with E-state index in [1.807, 2.05) is 18.2 Å². The molecule has 1 aliphatic rings. The number of nitrogens with zero attached hydrogens (tertiary/aromatic N) is 1. The van der Waals surface area contributed by atoms with Gasteiger partial charge in [-0.05, 0) is 30.4 Å². The topological polar surface area (TPSA) is 58.4 Å². The molecule has 0 aromatic heterocycles. The summed E-state index contributed by atoms with van der Waals surface area (Å²) >= 11 is 6.33. The molecule has 1 aromatic rings. The van der Waals surface area contributed by atoms with Gasteiger partial charge in [0.15, 0.2) is 0 Å². The second kappa shape index (κ2) is 6.95. The van der Waals surface area contributed by atoms with Gasteiger partial charge in [-0.1, -0.05) is 23.7 Å². The van der Waals surface area contributed by atoms with Crippen molar-refractivity contribution in [3.05, 3.63) is 28.8 Å². The molecule has 0 atom stereocenters. The van der Waals surface area contributed by atoms with Gasteiger partial charge >= 0.3 is 0 Å². The molecule has 1 amide bonds. The van der Waals surface area contributed by atoms with Crippen LogP contribution in [0.15, 0.2) is 18.2 Å². The van der Waals surface area contributed by atoms with Crippen LogP contribution in [-0.2, 0) is 11.3 Å². The number of benzene rings is 1. The number of nitrogens with two attached hydrogens (primary N) is 1. The molecule has 5 heteroatoms. The van der Waals surface area contributed by atoms with Gasteiger partial charge in [-0.15, -0.1) is 0 Å². The summed E-state index contributed by atoms with van der Waals surface area (Å²) in [6.45, 7) is 4.76. The van der Waals surface area contributed by atoms with E-state index >= 15 is 0 Å². The van der Waals surface area contributed by atoms with Crippen molar-refractivity contribution in [3.63, 3.8) is 0 Å². The Kier molecular flexibility index (Phi) is 5.26. The lowest BCUT2D eigenvalue weighted by Crippen LogP contribution is -2.38. The summed E-state index contributed by atoms with van der Waals surface area (Å²) in [5.74, 6) is 0.600. The summed E-state index contributed by atoms with van der Waals surface area (Å²) in [6.07, 6.45) is 2.13. The van der Waals surface area contributed by atoms with Gasteiger partial charge in [-0.3, -0.25) is 4.79 Å². The maximum Gasteiger partial charge on any atom is 0.216 e. The highest BCUT2D eigenvalue weighted by molar-refractivity contribution is 6.33. The number of piperidine rings is 1. The number of anilines is 1. The number of para-hydroxylation sites is 1. The summed E-state index contributed by atoms with van der Waals surface area (Å²) in [7, 11) is 0. The van der Waals surface area contributed by atoms with Crippen LogP contribution in [0, 0.1) is 5.92 Å². The highest BCUT2D eigenvalue weighted by Crippen LogP contribution is 2.32. The van der Waals surface area contributed by atoms with Gasteiger partial charge in [0.05, 0.1) is 10.7 Å². The Morgan fingerprint density at radius 2 is 2.15 bits per heavy atom. The normalized spacial score (nSPS) is 16.2. The van der Waals surface area contributed by atoms with Crippen LogP contribution >= 0.6 is 11.6 Å². The highest BCUT2D eigenvalue weighted by Gasteiger charge is 2.22. The third-order valence-corrected chi connectivity index (χ3v) is 4.17. The van der Waals surface area contributed by atoms with Crippen molar-refractivity contribution < 1.29 is 4.79 Å². The van der Waals surface area contributed by atoms with Crippen molar-refractivity contribution in [2.24, 2.45) is 11.7 Å². The van der Waals surface area contributed by atoms with Crippen LogP contribution in [0.4, 0.5) is 5.69 Å². The fourth-order valence-electron chi connectivity index (χ4n) is 2.73. The van der Waals surface area contributed by atoms with Crippen LogP contribution < -0.4 is 16.0 Å². The zero-order valence-corrected chi connectivity index (χ0v) is 12.6. The standard InChI is InChI=1S/C15H22ClN3O/c1-11(20)18-10-12-5-7-19(8-6-12)15-13(9-17)3-2-4-14(15)16/h2-4,12H,5-10,17H2,1H3,(H,18,20). The Balaban J connectivity index is 1.99. The largest absolute Gasteiger partial charge is 0.370 e. The minimum atomic E-state index is 0.0453. The maximum absolute atomic E-state index is 10.9. The van der Waals surface area contributed by atoms with Crippen LogP contribution in [0.5, 0.6) is 0 Å². The lowest BCUT2D eigenvalue weighted by Gasteiger charge is -2.35. The van der Waals surface area contributed by atoms with E-state index in [0.29, 0.717) is 12.5 Å². The molecule has 0 spiro atoms. The minimum Gasteiger partial charge on any atom is -0.370 e. The van der Waals surface area contributed by atoms with Crippen molar-refractivity contribution in [1.82, 2.24) is 5.32 Å². The van der Waals surface area contributed by atoms with Crippen molar-refractivity contribution in [3.8, 4) is 0 Å². The van der Waals surface area contributed by atoms with Gasteiger partial charge in [0, 0.05) is 33.1 Å². The quantitative estimate of drug-likeness (QED) is 0.895. The minimum absolute atomic E-state index is 0.0453. The van der Waals surface area contributed by atoms with E-state index < -0.39 is 0 Å². The Labute approximate surface area is 125 Å². The van der Waals surface area contributed by atoms with E-state index in [0.717, 1.165) is 48.7 Å². The van der Waals surface area contributed by atoms with E-state index in [4.69, 9.17) is 17.3 Å². The number of carbonyl (C=O) groups excluding carboxylic acids is 1. The first-order chi connectivity index (χ1) is 9.61. The maximum atomic E-state index is 10.9. The Morgan fingerprint density at radius 1 is 1.45 bits per heavy atom. The number of hydrogen-bond acceptors (Lipinski definition) is 3. The third kappa shape index (κ3) is 3.64. The van der Waals surface area contributed by atoms with Crippen molar-refractivity contribution >= 4 is 23.2 Å². The second-order valence-electron chi connectivity index (χ2n) is 5.32. The molecule has 110 valence electrons.